The van der Waals surface area contributed by atoms with Crippen LogP contribution in [-0.2, 0) is 9.59 Å². The van der Waals surface area contributed by atoms with Crippen LogP contribution in [-0.4, -0.2) is 34.4 Å². The number of nitrogens with one attached hydrogen (secondary N) is 1. The molecule has 64 valence electrons. The second kappa shape index (κ2) is 4.53. The number of hydrogen-bond acceptors (Lipinski definition) is 2. The molecule has 0 atom stereocenters. The maximum absolute atomic E-state index is 10.4. The summed E-state index contributed by atoms with van der Waals surface area (Å²) < 4.78 is 31.1. The van der Waals surface area contributed by atoms with Gasteiger partial charge in [-0.25, -0.2) is 0 Å². The number of imide groups is 1. The first-order chi connectivity index (χ1) is 5.29. The van der Waals surface area contributed by atoms with Gasteiger partial charge in [0.25, 0.3) is 0 Å². The molecule has 0 aromatic heterocycles. The van der Waals surface area contributed by atoms with Gasteiger partial charge in [0.2, 0.25) is 11.8 Å². The van der Waals surface area contributed by atoms with Crippen molar-refractivity contribution in [3.63, 3.8) is 0 Å². The van der Waals surface area contributed by atoms with Gasteiger partial charge in [0, 0.05) is 12.8 Å². The van der Waals surface area contributed by atoms with E-state index >= 15 is 0 Å². The van der Waals surface area contributed by atoms with Crippen molar-refractivity contribution in [1.82, 2.24) is 5.32 Å². The Morgan fingerprint density at radius 3 is 1.50 bits per heavy atom. The molecule has 0 aromatic rings. The molecule has 1 N–H and O–H groups in total. The van der Waals surface area contributed by atoms with Gasteiger partial charge in [0.05, 0.1) is 0 Å². The van der Waals surface area contributed by atoms with Crippen LogP contribution in [0.1, 0.15) is 12.8 Å². The van der Waals surface area contributed by atoms with Gasteiger partial charge in [-0.3, -0.25) is 14.9 Å². The predicted molar refractivity (Wildman–Crippen MR) is 34.2 cm³/mol. The molecule has 12 heavy (non-hydrogen) atoms. The van der Waals surface area contributed by atoms with Gasteiger partial charge in [-0.2, -0.15) is 0 Å². The second-order valence-electron chi connectivity index (χ2n) is 2.25. The minimum absolute atomic E-state index is 0.148. The van der Waals surface area contributed by atoms with Crippen LogP contribution in [0.4, 0.5) is 13.2 Å². The van der Waals surface area contributed by atoms with Crippen LogP contribution in [0.15, 0.2) is 0 Å². The van der Waals surface area contributed by atoms with Gasteiger partial charge in [-0.1, -0.05) is 0 Å². The number of halogens is 3. The number of carbonyl (C=O) groups excluding carboxylic acids is 2. The fraction of sp³-hybridized carbons (Fsp3) is 0.600. The fourth-order valence-electron chi connectivity index (χ4n) is 0.508. The van der Waals surface area contributed by atoms with Crippen molar-refractivity contribution in [1.29, 1.82) is 0 Å². The van der Waals surface area contributed by atoms with Crippen LogP contribution in [0.25, 0.3) is 0 Å². The van der Waals surface area contributed by atoms with Gasteiger partial charge in [0.15, 0.2) is 0 Å². The molecule has 7 heteroatoms. The van der Waals surface area contributed by atoms with Crippen molar-refractivity contribution in [2.45, 2.75) is 17.7 Å². The second-order valence-corrected chi connectivity index (χ2v) is 2.25. The quantitative estimate of drug-likeness (QED) is 0.419. The SMILES string of the molecule is O=C1CCC(=O)N1.[Li][C](F)(F)F. The van der Waals surface area contributed by atoms with Crippen LogP contribution >= 0.6 is 0 Å². The molecule has 3 nitrogen and oxygen atoms in total. The van der Waals surface area contributed by atoms with Crippen LogP contribution in [0.5, 0.6) is 0 Å². The third kappa shape index (κ3) is 9.53. The average Bonchev–Trinajstić information content (AvgIpc) is 2.09. The molecule has 1 saturated heterocycles. The molecular weight excluding hydrogens is 170 g/mol. The summed E-state index contributed by atoms with van der Waals surface area (Å²) in [5.74, 6) is -0.296. The summed E-state index contributed by atoms with van der Waals surface area (Å²) in [6.07, 6.45) is 0.748. The number of amides is 2. The van der Waals surface area contributed by atoms with E-state index < -0.39 is 4.85 Å². The molecule has 2 amide bonds. The third-order valence-electron chi connectivity index (χ3n) is 0.858. The molecular formula is C5H5F3LiNO2. The summed E-state index contributed by atoms with van der Waals surface area (Å²) in [6.45, 7) is 0. The van der Waals surface area contributed by atoms with E-state index in [9.17, 15) is 22.8 Å². The zero-order valence-electron chi connectivity index (χ0n) is 6.36. The van der Waals surface area contributed by atoms with E-state index in [1.54, 1.807) is 0 Å². The van der Waals surface area contributed by atoms with Crippen LogP contribution in [0.3, 0.4) is 0 Å². The standard InChI is InChI=1S/C4H5NO2.CF3.Li/c6-3-1-2-4(7)5-3;2-1(3)4;/h1-2H2,(H,5,6,7);;. The normalized spacial score (nSPS) is 16.8. The predicted octanol–water partition coefficient (Wildman–Crippen LogP) is 0.0977. The fourth-order valence-corrected chi connectivity index (χ4v) is 0.508. The Balaban J connectivity index is 0.000000217. The summed E-state index contributed by atoms with van der Waals surface area (Å²) in [5.41, 5.74) is 0. The number of rotatable bonds is 0. The van der Waals surface area contributed by atoms with Crippen LogP contribution < -0.4 is 5.32 Å². The summed E-state index contributed by atoms with van der Waals surface area (Å²) >= 11 is 0.188. The van der Waals surface area contributed by atoms with E-state index in [2.05, 4.69) is 5.32 Å². The van der Waals surface area contributed by atoms with Crippen molar-refractivity contribution in [3.8, 4) is 0 Å². The Labute approximate surface area is 75.9 Å². The summed E-state index contributed by atoms with van der Waals surface area (Å²) in [5, 5.41) is 2.14. The number of alkyl halides is 3. The Morgan fingerprint density at radius 1 is 1.17 bits per heavy atom. The summed E-state index contributed by atoms with van der Waals surface area (Å²) in [4.78, 5) is 16.2. The molecule has 0 spiro atoms. The van der Waals surface area contributed by atoms with Crippen molar-refractivity contribution in [2.24, 2.45) is 0 Å². The number of carbonyl (C=O) groups is 2. The van der Waals surface area contributed by atoms with Gasteiger partial charge in [-0.15, -0.1) is 0 Å². The molecule has 0 bridgehead atoms. The van der Waals surface area contributed by atoms with Crippen LogP contribution in [0, 0.1) is 0 Å². The van der Waals surface area contributed by atoms with Gasteiger partial charge >= 0.3 is 35.7 Å². The monoisotopic (exact) mass is 175 g/mol. The van der Waals surface area contributed by atoms with Crippen molar-refractivity contribution >= 4 is 29.5 Å². The van der Waals surface area contributed by atoms with E-state index in [4.69, 9.17) is 0 Å². The van der Waals surface area contributed by atoms with E-state index in [0.717, 1.165) is 0 Å². The third-order valence-corrected chi connectivity index (χ3v) is 0.858. The first-order valence-corrected chi connectivity index (χ1v) is 3.18. The van der Waals surface area contributed by atoms with Crippen molar-refractivity contribution < 1.29 is 22.8 Å². The Morgan fingerprint density at radius 2 is 1.42 bits per heavy atom. The zero-order chi connectivity index (χ0) is 9.78. The molecule has 0 aliphatic carbocycles. The maximum atomic E-state index is 10.4. The number of hydrogen-bond donors (Lipinski definition) is 1. The summed E-state index contributed by atoms with van der Waals surface area (Å²) in [7, 11) is 0. The first kappa shape index (κ1) is 11.5. The van der Waals surface area contributed by atoms with E-state index in [1.165, 1.54) is 0 Å². The zero-order valence-corrected chi connectivity index (χ0v) is 6.36. The average molecular weight is 175 g/mol. The molecule has 1 aliphatic heterocycles. The topological polar surface area (TPSA) is 46.2 Å². The summed E-state index contributed by atoms with van der Waals surface area (Å²) in [6, 6.07) is 0. The van der Waals surface area contributed by atoms with E-state index in [-0.39, 0.29) is 29.5 Å². The molecule has 1 rings (SSSR count). The van der Waals surface area contributed by atoms with E-state index in [0.29, 0.717) is 12.8 Å². The Bertz CT molecular complexity index is 172. The van der Waals surface area contributed by atoms with E-state index in [1.807, 2.05) is 0 Å². The van der Waals surface area contributed by atoms with Gasteiger partial charge in [0.1, 0.15) is 0 Å². The molecule has 1 aliphatic rings. The molecule has 1 fully saturated rings. The van der Waals surface area contributed by atoms with Gasteiger partial charge in [-0.05, 0) is 0 Å². The minimum atomic E-state index is -4.00. The molecule has 0 radical (unpaired) electrons. The molecule has 0 aromatic carbocycles. The Hall–Kier alpha value is -0.473. The molecule has 0 unspecified atom stereocenters. The molecule has 1 heterocycles. The Kier molecular flexibility index (Phi) is 4.35. The van der Waals surface area contributed by atoms with Gasteiger partial charge < -0.3 is 0 Å². The molecule has 0 saturated carbocycles. The van der Waals surface area contributed by atoms with Crippen molar-refractivity contribution in [3.05, 3.63) is 0 Å². The van der Waals surface area contributed by atoms with Crippen LogP contribution in [0.2, 0.25) is 0 Å². The first-order valence-electron chi connectivity index (χ1n) is 3.18. The van der Waals surface area contributed by atoms with Crippen molar-refractivity contribution in [2.75, 3.05) is 0 Å².